The Hall–Kier alpha value is -1.13. The minimum atomic E-state index is -3.59. The van der Waals surface area contributed by atoms with Crippen molar-refractivity contribution in [2.45, 2.75) is 18.6 Å². The fourth-order valence-corrected chi connectivity index (χ4v) is 2.81. The van der Waals surface area contributed by atoms with Crippen molar-refractivity contribution in [3.63, 3.8) is 0 Å². The summed E-state index contributed by atoms with van der Waals surface area (Å²) in [5.41, 5.74) is 5.09. The highest BCUT2D eigenvalue weighted by atomic mass is 32.2. The van der Waals surface area contributed by atoms with Crippen LogP contribution < -0.4 is 5.73 Å². The molecule has 15 heavy (non-hydrogen) atoms. The topological polar surface area (TPSA) is 104 Å². The number of hydrogen-bond donors (Lipinski definition) is 1. The van der Waals surface area contributed by atoms with Crippen molar-refractivity contribution in [3.8, 4) is 6.07 Å². The molecule has 1 amide bonds. The van der Waals surface area contributed by atoms with Crippen LogP contribution in [-0.4, -0.2) is 37.0 Å². The van der Waals surface area contributed by atoms with E-state index in [2.05, 4.69) is 0 Å². The predicted octanol–water partition coefficient (Wildman–Crippen LogP) is -0.965. The van der Waals surface area contributed by atoms with E-state index in [1.54, 1.807) is 6.07 Å². The minimum absolute atomic E-state index is 0.101. The summed E-state index contributed by atoms with van der Waals surface area (Å²) in [5, 5.41) is 7.48. The molecule has 2 unspecified atom stereocenters. The molecule has 1 fully saturated rings. The summed E-state index contributed by atoms with van der Waals surface area (Å²) >= 11 is 0. The number of hydrogen-bond acceptors (Lipinski definition) is 4. The first kappa shape index (κ1) is 11.9. The van der Waals surface area contributed by atoms with Gasteiger partial charge in [-0.3, -0.25) is 4.79 Å². The Morgan fingerprint density at radius 1 is 1.67 bits per heavy atom. The van der Waals surface area contributed by atoms with Gasteiger partial charge in [0.05, 0.1) is 12.0 Å². The molecular weight excluding hydrogens is 218 g/mol. The van der Waals surface area contributed by atoms with E-state index in [1.807, 2.05) is 0 Å². The van der Waals surface area contributed by atoms with Crippen molar-refractivity contribution < 1.29 is 13.2 Å². The average molecular weight is 231 g/mol. The predicted molar refractivity (Wildman–Crippen MR) is 52.9 cm³/mol. The monoisotopic (exact) mass is 231 g/mol. The molecule has 1 aliphatic rings. The molecule has 1 heterocycles. The Morgan fingerprint density at radius 3 is 2.67 bits per heavy atom. The molecule has 0 aromatic carbocycles. The quantitative estimate of drug-likeness (QED) is 0.675. The second-order valence-corrected chi connectivity index (χ2v) is 5.82. The van der Waals surface area contributed by atoms with Crippen LogP contribution in [0.5, 0.6) is 0 Å². The third kappa shape index (κ3) is 2.27. The largest absolute Gasteiger partial charge is 0.369 e. The molecular formula is C8H13N3O3S. The van der Waals surface area contributed by atoms with Crippen LogP contribution in [0.2, 0.25) is 0 Å². The van der Waals surface area contributed by atoms with Crippen LogP contribution in [0, 0.1) is 17.2 Å². The van der Waals surface area contributed by atoms with Crippen LogP contribution >= 0.6 is 0 Å². The lowest BCUT2D eigenvalue weighted by atomic mass is 10.1. The van der Waals surface area contributed by atoms with Crippen LogP contribution in [0.25, 0.3) is 0 Å². The molecule has 0 radical (unpaired) electrons. The fraction of sp³-hybridized carbons (Fsp3) is 0.750. The molecule has 2 atom stereocenters. The SMILES string of the molecule is CC(C#N)S(=O)(=O)N1CCC(C(N)=O)C1. The van der Waals surface area contributed by atoms with E-state index < -0.39 is 27.1 Å². The maximum absolute atomic E-state index is 11.7. The van der Waals surface area contributed by atoms with E-state index in [4.69, 9.17) is 11.0 Å². The molecule has 1 rings (SSSR count). The fourth-order valence-electron chi connectivity index (χ4n) is 1.48. The summed E-state index contributed by atoms with van der Waals surface area (Å²) in [5.74, 6) is -0.914. The second-order valence-electron chi connectivity index (χ2n) is 3.56. The Balaban J connectivity index is 2.78. The molecule has 0 bridgehead atoms. The van der Waals surface area contributed by atoms with E-state index >= 15 is 0 Å². The summed E-state index contributed by atoms with van der Waals surface area (Å²) in [6.07, 6.45) is 0.437. The van der Waals surface area contributed by atoms with E-state index in [1.165, 1.54) is 6.92 Å². The number of nitrogens with zero attached hydrogens (tertiary/aromatic N) is 2. The lowest BCUT2D eigenvalue weighted by molar-refractivity contribution is -0.121. The first-order valence-electron chi connectivity index (χ1n) is 4.57. The highest BCUT2D eigenvalue weighted by molar-refractivity contribution is 7.89. The van der Waals surface area contributed by atoms with Gasteiger partial charge < -0.3 is 5.73 Å². The van der Waals surface area contributed by atoms with Gasteiger partial charge in [-0.15, -0.1) is 0 Å². The molecule has 0 aromatic rings. The molecule has 6 nitrogen and oxygen atoms in total. The van der Waals surface area contributed by atoms with E-state index in [9.17, 15) is 13.2 Å². The Bertz CT molecular complexity index is 398. The zero-order chi connectivity index (χ0) is 11.6. The molecule has 84 valence electrons. The number of amides is 1. The van der Waals surface area contributed by atoms with Crippen molar-refractivity contribution in [2.75, 3.05) is 13.1 Å². The highest BCUT2D eigenvalue weighted by Gasteiger charge is 2.36. The molecule has 1 saturated heterocycles. The smallest absolute Gasteiger partial charge is 0.230 e. The molecule has 2 N–H and O–H groups in total. The molecule has 7 heteroatoms. The number of rotatable bonds is 3. The normalized spacial score (nSPS) is 24.7. The molecule has 0 spiro atoms. The summed E-state index contributed by atoms with van der Waals surface area (Å²) in [7, 11) is -3.59. The van der Waals surface area contributed by atoms with Crippen molar-refractivity contribution in [2.24, 2.45) is 11.7 Å². The second kappa shape index (κ2) is 4.16. The van der Waals surface area contributed by atoms with Crippen LogP contribution in [0.15, 0.2) is 0 Å². The van der Waals surface area contributed by atoms with Gasteiger partial charge in [0.25, 0.3) is 0 Å². The zero-order valence-electron chi connectivity index (χ0n) is 8.38. The van der Waals surface area contributed by atoms with Crippen LogP contribution in [0.4, 0.5) is 0 Å². The van der Waals surface area contributed by atoms with Gasteiger partial charge in [-0.05, 0) is 13.3 Å². The van der Waals surface area contributed by atoms with Crippen LogP contribution in [-0.2, 0) is 14.8 Å². The first-order valence-corrected chi connectivity index (χ1v) is 6.07. The van der Waals surface area contributed by atoms with Gasteiger partial charge in [-0.2, -0.15) is 9.57 Å². The average Bonchev–Trinajstić information content (AvgIpc) is 2.65. The van der Waals surface area contributed by atoms with Gasteiger partial charge in [0.15, 0.2) is 5.25 Å². The van der Waals surface area contributed by atoms with Gasteiger partial charge in [0.1, 0.15) is 0 Å². The van der Waals surface area contributed by atoms with Gasteiger partial charge in [0.2, 0.25) is 15.9 Å². The Labute approximate surface area is 88.7 Å². The van der Waals surface area contributed by atoms with E-state index in [0.717, 1.165) is 4.31 Å². The summed E-state index contributed by atoms with van der Waals surface area (Å²) in [4.78, 5) is 10.8. The summed E-state index contributed by atoms with van der Waals surface area (Å²) < 4.78 is 24.5. The summed E-state index contributed by atoms with van der Waals surface area (Å²) in [6.45, 7) is 1.69. The third-order valence-electron chi connectivity index (χ3n) is 2.54. The van der Waals surface area contributed by atoms with Crippen LogP contribution in [0.3, 0.4) is 0 Å². The van der Waals surface area contributed by atoms with Crippen molar-refractivity contribution in [1.29, 1.82) is 5.26 Å². The Kier molecular flexibility index (Phi) is 3.31. The standard InChI is InChI=1S/C8H13N3O3S/c1-6(4-9)15(13,14)11-3-2-7(5-11)8(10)12/h6-7H,2-3,5H2,1H3,(H2,10,12). The number of nitrogens with two attached hydrogens (primary N) is 1. The zero-order valence-corrected chi connectivity index (χ0v) is 9.20. The number of nitriles is 1. The van der Waals surface area contributed by atoms with Crippen molar-refractivity contribution in [1.82, 2.24) is 4.31 Å². The van der Waals surface area contributed by atoms with Crippen LogP contribution in [0.1, 0.15) is 13.3 Å². The molecule has 0 aromatic heterocycles. The maximum Gasteiger partial charge on any atom is 0.230 e. The third-order valence-corrected chi connectivity index (χ3v) is 4.59. The Morgan fingerprint density at radius 2 is 2.27 bits per heavy atom. The van der Waals surface area contributed by atoms with Gasteiger partial charge in [0, 0.05) is 13.1 Å². The van der Waals surface area contributed by atoms with Crippen molar-refractivity contribution in [3.05, 3.63) is 0 Å². The van der Waals surface area contributed by atoms with Gasteiger partial charge in [-0.1, -0.05) is 0 Å². The number of primary amides is 1. The molecule has 1 aliphatic heterocycles. The lowest BCUT2D eigenvalue weighted by Gasteiger charge is -2.17. The minimum Gasteiger partial charge on any atom is -0.369 e. The molecule has 0 saturated carbocycles. The number of sulfonamides is 1. The van der Waals surface area contributed by atoms with Gasteiger partial charge in [-0.25, -0.2) is 8.42 Å². The number of carbonyl (C=O) groups excluding carboxylic acids is 1. The van der Waals surface area contributed by atoms with Crippen molar-refractivity contribution >= 4 is 15.9 Å². The summed E-state index contributed by atoms with van der Waals surface area (Å²) in [6, 6.07) is 1.68. The molecule has 0 aliphatic carbocycles. The highest BCUT2D eigenvalue weighted by Crippen LogP contribution is 2.21. The van der Waals surface area contributed by atoms with Gasteiger partial charge >= 0.3 is 0 Å². The maximum atomic E-state index is 11.7. The van der Waals surface area contributed by atoms with E-state index in [0.29, 0.717) is 6.42 Å². The lowest BCUT2D eigenvalue weighted by Crippen LogP contribution is -2.36. The number of carbonyl (C=O) groups is 1. The first-order chi connectivity index (χ1) is 6.89. The van der Waals surface area contributed by atoms with E-state index in [-0.39, 0.29) is 13.1 Å².